The maximum atomic E-state index is 13.0. The Morgan fingerprint density at radius 3 is 2.95 bits per heavy atom. The lowest BCUT2D eigenvalue weighted by Gasteiger charge is -2.35. The van der Waals surface area contributed by atoms with Gasteiger partial charge >= 0.3 is 0 Å². The molecule has 1 aromatic carbocycles. The van der Waals surface area contributed by atoms with Gasteiger partial charge in [-0.05, 0) is 31.0 Å². The number of benzene rings is 1. The number of halogens is 2. The highest BCUT2D eigenvalue weighted by Crippen LogP contribution is 2.43. The predicted molar refractivity (Wildman–Crippen MR) is 84.1 cm³/mol. The Kier molecular flexibility index (Phi) is 3.31. The lowest BCUT2D eigenvalue weighted by molar-refractivity contribution is 0.0644. The minimum Gasteiger partial charge on any atom is -0.328 e. The maximum absolute atomic E-state index is 13.0. The van der Waals surface area contributed by atoms with Crippen LogP contribution >= 0.6 is 23.2 Å². The van der Waals surface area contributed by atoms with Crippen molar-refractivity contribution in [1.82, 2.24) is 14.9 Å². The zero-order valence-electron chi connectivity index (χ0n) is 11.7. The summed E-state index contributed by atoms with van der Waals surface area (Å²) in [6.07, 6.45) is 6.12. The number of hydrogen-bond donors (Lipinski definition) is 0. The Balaban J connectivity index is 1.73. The fourth-order valence-electron chi connectivity index (χ4n) is 3.54. The standard InChI is InChI=1S/C16H13Cl2N3O/c17-9-1-3-11(13(18)5-9)16(22)21-10-2-4-15(21)12-7-19-8-20-14(12)6-10/h1,3,5,7-8,10,15H,2,4,6H2. The van der Waals surface area contributed by atoms with Crippen molar-refractivity contribution in [2.45, 2.75) is 31.3 Å². The zero-order valence-corrected chi connectivity index (χ0v) is 13.2. The van der Waals surface area contributed by atoms with Crippen molar-refractivity contribution in [1.29, 1.82) is 0 Å². The number of nitrogens with zero attached hydrogens (tertiary/aromatic N) is 3. The number of hydrogen-bond acceptors (Lipinski definition) is 3. The first-order chi connectivity index (χ1) is 10.6. The average molecular weight is 334 g/mol. The quantitative estimate of drug-likeness (QED) is 0.799. The van der Waals surface area contributed by atoms with Crippen LogP contribution in [0.4, 0.5) is 0 Å². The first-order valence-electron chi connectivity index (χ1n) is 7.21. The third-order valence-corrected chi connectivity index (χ3v) is 5.06. The highest BCUT2D eigenvalue weighted by atomic mass is 35.5. The van der Waals surface area contributed by atoms with Crippen LogP contribution in [0.15, 0.2) is 30.7 Å². The van der Waals surface area contributed by atoms with Gasteiger partial charge in [0.2, 0.25) is 0 Å². The number of fused-ring (bicyclic) bond motifs is 4. The van der Waals surface area contributed by atoms with Crippen LogP contribution in [0.2, 0.25) is 10.0 Å². The largest absolute Gasteiger partial charge is 0.328 e. The second kappa shape index (κ2) is 5.21. The van der Waals surface area contributed by atoms with Gasteiger partial charge in [-0.1, -0.05) is 23.2 Å². The SMILES string of the molecule is O=C(c1ccc(Cl)cc1Cl)N1C2CCC1c1cncnc1C2. The van der Waals surface area contributed by atoms with Crippen molar-refractivity contribution < 1.29 is 4.79 Å². The molecule has 2 unspecified atom stereocenters. The highest BCUT2D eigenvalue weighted by Gasteiger charge is 2.43. The minimum atomic E-state index is -0.0383. The molecule has 2 aromatic rings. The van der Waals surface area contributed by atoms with Crippen LogP contribution < -0.4 is 0 Å². The molecule has 1 saturated heterocycles. The van der Waals surface area contributed by atoms with Crippen LogP contribution in [0.1, 0.15) is 40.5 Å². The van der Waals surface area contributed by atoms with Crippen molar-refractivity contribution in [2.75, 3.05) is 0 Å². The van der Waals surface area contributed by atoms with Gasteiger partial charge in [0, 0.05) is 29.2 Å². The summed E-state index contributed by atoms with van der Waals surface area (Å²) < 4.78 is 0. The van der Waals surface area contributed by atoms with E-state index in [1.165, 1.54) is 0 Å². The van der Waals surface area contributed by atoms with Gasteiger partial charge in [-0.3, -0.25) is 4.79 Å². The Bertz CT molecular complexity index is 765. The Morgan fingerprint density at radius 2 is 2.14 bits per heavy atom. The maximum Gasteiger partial charge on any atom is 0.256 e. The molecule has 1 aromatic heterocycles. The molecule has 1 amide bonds. The third kappa shape index (κ3) is 2.09. The number of carbonyl (C=O) groups excluding carboxylic acids is 1. The molecule has 2 aliphatic rings. The van der Waals surface area contributed by atoms with E-state index in [0.29, 0.717) is 15.6 Å². The summed E-state index contributed by atoms with van der Waals surface area (Å²) in [5, 5.41) is 0.925. The summed E-state index contributed by atoms with van der Waals surface area (Å²) in [4.78, 5) is 23.4. The molecule has 6 heteroatoms. The van der Waals surface area contributed by atoms with Gasteiger partial charge in [0.15, 0.2) is 0 Å². The Hall–Kier alpha value is -1.65. The summed E-state index contributed by atoms with van der Waals surface area (Å²) >= 11 is 12.1. The summed E-state index contributed by atoms with van der Waals surface area (Å²) in [6.45, 7) is 0. The molecule has 22 heavy (non-hydrogen) atoms. The molecule has 2 aliphatic heterocycles. The van der Waals surface area contributed by atoms with Crippen molar-refractivity contribution >= 4 is 29.1 Å². The molecule has 0 spiro atoms. The second-order valence-electron chi connectivity index (χ2n) is 5.71. The lowest BCUT2D eigenvalue weighted by Crippen LogP contribution is -2.42. The number of amides is 1. The molecule has 112 valence electrons. The van der Waals surface area contributed by atoms with E-state index >= 15 is 0 Å². The number of carbonyl (C=O) groups is 1. The van der Waals surface area contributed by atoms with Crippen LogP contribution in [-0.4, -0.2) is 26.8 Å². The molecule has 4 nitrogen and oxygen atoms in total. The average Bonchev–Trinajstić information content (AvgIpc) is 2.82. The van der Waals surface area contributed by atoms with E-state index in [1.807, 2.05) is 11.1 Å². The highest BCUT2D eigenvalue weighted by molar-refractivity contribution is 6.36. The van der Waals surface area contributed by atoms with E-state index in [-0.39, 0.29) is 18.0 Å². The normalized spacial score (nSPS) is 22.5. The summed E-state index contributed by atoms with van der Waals surface area (Å²) in [5.41, 5.74) is 2.63. The van der Waals surface area contributed by atoms with Gasteiger partial charge < -0.3 is 4.90 Å². The molecule has 0 N–H and O–H groups in total. The summed E-state index contributed by atoms with van der Waals surface area (Å²) in [7, 11) is 0. The van der Waals surface area contributed by atoms with E-state index in [0.717, 1.165) is 30.5 Å². The fourth-order valence-corrected chi connectivity index (χ4v) is 4.03. The van der Waals surface area contributed by atoms with E-state index in [4.69, 9.17) is 23.2 Å². The van der Waals surface area contributed by atoms with Crippen molar-refractivity contribution in [3.63, 3.8) is 0 Å². The van der Waals surface area contributed by atoms with E-state index in [1.54, 1.807) is 24.5 Å². The monoisotopic (exact) mass is 333 g/mol. The van der Waals surface area contributed by atoms with E-state index < -0.39 is 0 Å². The zero-order chi connectivity index (χ0) is 15.3. The molecule has 2 bridgehead atoms. The van der Waals surface area contributed by atoms with Crippen molar-refractivity contribution in [3.05, 3.63) is 57.6 Å². The lowest BCUT2D eigenvalue weighted by atomic mass is 9.98. The van der Waals surface area contributed by atoms with Crippen LogP contribution in [0.25, 0.3) is 0 Å². The van der Waals surface area contributed by atoms with Crippen molar-refractivity contribution in [2.24, 2.45) is 0 Å². The molecule has 2 atom stereocenters. The minimum absolute atomic E-state index is 0.0383. The van der Waals surface area contributed by atoms with Crippen LogP contribution in [0.3, 0.4) is 0 Å². The first kappa shape index (κ1) is 14.0. The molecule has 0 radical (unpaired) electrons. The van der Waals surface area contributed by atoms with Gasteiger partial charge in [-0.2, -0.15) is 0 Å². The number of rotatable bonds is 1. The van der Waals surface area contributed by atoms with Gasteiger partial charge in [0.05, 0.1) is 22.3 Å². The van der Waals surface area contributed by atoms with Crippen LogP contribution in [0.5, 0.6) is 0 Å². The van der Waals surface area contributed by atoms with E-state index in [2.05, 4.69) is 9.97 Å². The Labute approximate surface area is 138 Å². The molecule has 0 saturated carbocycles. The van der Waals surface area contributed by atoms with Gasteiger partial charge in [0.25, 0.3) is 5.91 Å². The Morgan fingerprint density at radius 1 is 1.27 bits per heavy atom. The van der Waals surface area contributed by atoms with Crippen molar-refractivity contribution in [3.8, 4) is 0 Å². The van der Waals surface area contributed by atoms with Crippen LogP contribution in [0, 0.1) is 0 Å². The van der Waals surface area contributed by atoms with Gasteiger partial charge in [0.1, 0.15) is 6.33 Å². The third-order valence-electron chi connectivity index (χ3n) is 4.51. The fraction of sp³-hybridized carbons (Fsp3) is 0.312. The number of aromatic nitrogens is 2. The molecular weight excluding hydrogens is 321 g/mol. The van der Waals surface area contributed by atoms with E-state index in [9.17, 15) is 4.79 Å². The smallest absolute Gasteiger partial charge is 0.256 e. The predicted octanol–water partition coefficient (Wildman–Crippen LogP) is 3.69. The van der Waals surface area contributed by atoms with Gasteiger partial charge in [-0.15, -0.1) is 0 Å². The summed E-state index contributed by atoms with van der Waals surface area (Å²) in [5.74, 6) is -0.0383. The molecule has 0 aliphatic carbocycles. The molecule has 4 rings (SSSR count). The summed E-state index contributed by atoms with van der Waals surface area (Å²) in [6, 6.07) is 5.24. The molecular formula is C16H13Cl2N3O. The first-order valence-corrected chi connectivity index (χ1v) is 7.97. The van der Waals surface area contributed by atoms with Crippen LogP contribution in [-0.2, 0) is 6.42 Å². The van der Waals surface area contributed by atoms with Gasteiger partial charge in [-0.25, -0.2) is 9.97 Å². The second-order valence-corrected chi connectivity index (χ2v) is 6.56. The molecule has 1 fully saturated rings. The molecule has 3 heterocycles. The topological polar surface area (TPSA) is 46.1 Å².